The van der Waals surface area contributed by atoms with E-state index in [-0.39, 0.29) is 0 Å². The van der Waals surface area contributed by atoms with E-state index in [1.54, 1.807) is 0 Å². The summed E-state index contributed by atoms with van der Waals surface area (Å²) in [5.41, 5.74) is 9.76. The van der Waals surface area contributed by atoms with Gasteiger partial charge in [0.25, 0.3) is 0 Å². The molecule has 7 rings (SSSR count). The Balaban J connectivity index is 1.52. The Bertz CT molecular complexity index is 2000. The van der Waals surface area contributed by atoms with Crippen molar-refractivity contribution in [2.24, 2.45) is 0 Å². The van der Waals surface area contributed by atoms with Crippen molar-refractivity contribution in [3.63, 3.8) is 0 Å². The van der Waals surface area contributed by atoms with E-state index in [1.165, 1.54) is 65.7 Å². The number of allylic oxidation sites excluding steroid dienone is 3. The fraction of sp³-hybridized carbons (Fsp3) is 0.0256. The molecule has 0 heteroatoms. The van der Waals surface area contributed by atoms with Crippen LogP contribution >= 0.6 is 0 Å². The zero-order valence-corrected chi connectivity index (χ0v) is 21.8. The lowest BCUT2D eigenvalue weighted by Gasteiger charge is -2.20. The molecule has 0 nitrogen and oxygen atoms in total. The van der Waals surface area contributed by atoms with Crippen molar-refractivity contribution in [3.05, 3.63) is 156 Å². The summed E-state index contributed by atoms with van der Waals surface area (Å²) >= 11 is 0. The summed E-state index contributed by atoms with van der Waals surface area (Å²) in [6.45, 7) is 8.54. The van der Waals surface area contributed by atoms with Gasteiger partial charge in [-0.15, -0.1) is 0 Å². The standard InChI is InChI=1S/C39H28/c1-3-28-29(4-2)39(37-21-13-12-20-36(37)38(28)26-14-6-5-7-15-26)27-22-24-34-32-18-10-8-16-30(32)31-17-9-11-19-33(31)35(34)25-23-27/h3-24H,1-2,25H2. The molecule has 0 aliphatic heterocycles. The van der Waals surface area contributed by atoms with Crippen LogP contribution in [0.2, 0.25) is 0 Å². The molecule has 0 saturated heterocycles. The fourth-order valence-corrected chi connectivity index (χ4v) is 6.42. The molecule has 39 heavy (non-hydrogen) atoms. The van der Waals surface area contributed by atoms with Gasteiger partial charge in [-0.3, -0.25) is 0 Å². The second-order valence-corrected chi connectivity index (χ2v) is 10.1. The quantitative estimate of drug-likeness (QED) is 0.213. The van der Waals surface area contributed by atoms with Gasteiger partial charge in [-0.25, -0.2) is 0 Å². The minimum Gasteiger partial charge on any atom is -0.0984 e. The highest BCUT2D eigenvalue weighted by atomic mass is 14.2. The third-order valence-electron chi connectivity index (χ3n) is 8.09. The topological polar surface area (TPSA) is 0 Å². The number of rotatable bonds is 4. The van der Waals surface area contributed by atoms with Crippen LogP contribution in [-0.4, -0.2) is 0 Å². The van der Waals surface area contributed by atoms with Crippen molar-refractivity contribution in [2.45, 2.75) is 6.42 Å². The van der Waals surface area contributed by atoms with Gasteiger partial charge < -0.3 is 0 Å². The number of hydrogen-bond donors (Lipinski definition) is 0. The first-order valence-corrected chi connectivity index (χ1v) is 13.5. The van der Waals surface area contributed by atoms with Crippen LogP contribution in [0, 0.1) is 0 Å². The molecule has 0 radical (unpaired) electrons. The van der Waals surface area contributed by atoms with Gasteiger partial charge in [-0.05, 0) is 83.3 Å². The molecule has 184 valence electrons. The van der Waals surface area contributed by atoms with Gasteiger partial charge in [0.05, 0.1) is 0 Å². The predicted molar refractivity (Wildman–Crippen MR) is 172 cm³/mol. The highest BCUT2D eigenvalue weighted by Gasteiger charge is 2.20. The summed E-state index contributed by atoms with van der Waals surface area (Å²) in [4.78, 5) is 0. The molecule has 0 atom stereocenters. The van der Waals surface area contributed by atoms with Crippen LogP contribution in [0.3, 0.4) is 0 Å². The lowest BCUT2D eigenvalue weighted by Crippen LogP contribution is -1.98. The van der Waals surface area contributed by atoms with E-state index < -0.39 is 0 Å². The summed E-state index contributed by atoms with van der Waals surface area (Å²) < 4.78 is 0. The van der Waals surface area contributed by atoms with E-state index in [0.717, 1.165) is 17.5 Å². The molecule has 1 aliphatic carbocycles. The monoisotopic (exact) mass is 496 g/mol. The maximum Gasteiger partial charge on any atom is -0.00266 e. The van der Waals surface area contributed by atoms with E-state index in [0.29, 0.717) is 0 Å². The zero-order valence-electron chi connectivity index (χ0n) is 21.8. The Morgan fingerprint density at radius 3 is 1.67 bits per heavy atom. The predicted octanol–water partition coefficient (Wildman–Crippen LogP) is 10.8. The van der Waals surface area contributed by atoms with Crippen molar-refractivity contribution >= 4 is 56.1 Å². The Kier molecular flexibility index (Phi) is 5.60. The van der Waals surface area contributed by atoms with Crippen LogP contribution in [0.25, 0.3) is 67.2 Å². The highest BCUT2D eigenvalue weighted by Crippen LogP contribution is 2.43. The molecule has 0 saturated carbocycles. The third kappa shape index (κ3) is 3.60. The molecule has 6 aromatic rings. The number of fused-ring (bicyclic) bond motifs is 7. The van der Waals surface area contributed by atoms with Crippen molar-refractivity contribution < 1.29 is 0 Å². The van der Waals surface area contributed by atoms with Gasteiger partial charge >= 0.3 is 0 Å². The maximum absolute atomic E-state index is 4.28. The molecule has 0 amide bonds. The van der Waals surface area contributed by atoms with Crippen LogP contribution in [0.15, 0.2) is 128 Å². The highest BCUT2D eigenvalue weighted by molar-refractivity contribution is 6.15. The molecule has 0 unspecified atom stereocenters. The average Bonchev–Trinajstić information content (AvgIpc) is 3.24. The second kappa shape index (κ2) is 9.42. The van der Waals surface area contributed by atoms with Crippen LogP contribution in [-0.2, 0) is 6.42 Å². The van der Waals surface area contributed by atoms with E-state index in [4.69, 9.17) is 0 Å². The SMILES string of the molecule is C=Cc1c(C=C)c(-c2ccccc2)c2ccccc2c1C1=CCc2c(c3ccccc3c3ccccc23)C=C1. The van der Waals surface area contributed by atoms with Gasteiger partial charge in [-0.2, -0.15) is 0 Å². The average molecular weight is 497 g/mol. The van der Waals surface area contributed by atoms with E-state index >= 15 is 0 Å². The van der Waals surface area contributed by atoms with E-state index in [9.17, 15) is 0 Å². The van der Waals surface area contributed by atoms with E-state index in [1.807, 2.05) is 12.2 Å². The first kappa shape index (κ1) is 23.2. The molecule has 0 N–H and O–H groups in total. The molecule has 0 heterocycles. The van der Waals surface area contributed by atoms with Gasteiger partial charge in [0.2, 0.25) is 0 Å². The van der Waals surface area contributed by atoms with Crippen LogP contribution in [0.1, 0.15) is 27.8 Å². The zero-order chi connectivity index (χ0) is 26.3. The third-order valence-corrected chi connectivity index (χ3v) is 8.09. The smallest absolute Gasteiger partial charge is 0.00266 e. The maximum atomic E-state index is 4.28. The first-order chi connectivity index (χ1) is 19.3. The van der Waals surface area contributed by atoms with Crippen molar-refractivity contribution in [2.75, 3.05) is 0 Å². The molecular formula is C39H28. The minimum atomic E-state index is 0.859. The second-order valence-electron chi connectivity index (χ2n) is 10.1. The summed E-state index contributed by atoms with van der Waals surface area (Å²) in [5.74, 6) is 0. The Morgan fingerprint density at radius 2 is 1.00 bits per heavy atom. The molecule has 0 spiro atoms. The van der Waals surface area contributed by atoms with Crippen LogP contribution in [0.5, 0.6) is 0 Å². The van der Waals surface area contributed by atoms with Gasteiger partial charge in [0.1, 0.15) is 0 Å². The van der Waals surface area contributed by atoms with Gasteiger partial charge in [0.15, 0.2) is 0 Å². The lowest BCUT2D eigenvalue weighted by atomic mass is 9.83. The van der Waals surface area contributed by atoms with E-state index in [2.05, 4.69) is 135 Å². The fourth-order valence-electron chi connectivity index (χ4n) is 6.42. The van der Waals surface area contributed by atoms with Crippen molar-refractivity contribution in [1.82, 2.24) is 0 Å². The molecule has 0 aromatic heterocycles. The van der Waals surface area contributed by atoms with Crippen molar-refractivity contribution in [3.8, 4) is 11.1 Å². The Hall–Kier alpha value is -4.94. The molecular weight excluding hydrogens is 468 g/mol. The molecule has 1 aliphatic rings. The van der Waals surface area contributed by atoms with Gasteiger partial charge in [-0.1, -0.05) is 147 Å². The Labute approximate surface area is 229 Å². The minimum absolute atomic E-state index is 0.859. The van der Waals surface area contributed by atoms with Crippen LogP contribution < -0.4 is 0 Å². The first-order valence-electron chi connectivity index (χ1n) is 13.5. The van der Waals surface area contributed by atoms with Gasteiger partial charge in [0, 0.05) is 0 Å². The molecule has 6 aromatic carbocycles. The lowest BCUT2D eigenvalue weighted by molar-refractivity contribution is 1.31. The summed E-state index contributed by atoms with van der Waals surface area (Å²) in [5, 5.41) is 7.71. The molecule has 0 bridgehead atoms. The van der Waals surface area contributed by atoms with Crippen LogP contribution in [0.4, 0.5) is 0 Å². The number of benzene rings is 6. The number of hydrogen-bond acceptors (Lipinski definition) is 0. The summed E-state index contributed by atoms with van der Waals surface area (Å²) in [7, 11) is 0. The summed E-state index contributed by atoms with van der Waals surface area (Å²) in [6.07, 6.45) is 11.9. The molecule has 0 fully saturated rings. The van der Waals surface area contributed by atoms with Crippen molar-refractivity contribution in [1.29, 1.82) is 0 Å². The Morgan fingerprint density at radius 1 is 0.487 bits per heavy atom. The summed E-state index contributed by atoms with van der Waals surface area (Å²) in [6, 6.07) is 37.0. The normalized spacial score (nSPS) is 12.8. The largest absolute Gasteiger partial charge is 0.0984 e.